The highest BCUT2D eigenvalue weighted by Gasteiger charge is 2.35. The molecule has 0 aliphatic rings. The number of alkyl halides is 3. The second-order valence-electron chi connectivity index (χ2n) is 4.88. The first-order valence-corrected chi connectivity index (χ1v) is 6.40. The fourth-order valence-electron chi connectivity index (χ4n) is 2.17. The molecule has 2 atom stereocenters. The van der Waals surface area contributed by atoms with Gasteiger partial charge in [0, 0.05) is 5.92 Å². The highest BCUT2D eigenvalue weighted by atomic mass is 19.4. The van der Waals surface area contributed by atoms with Gasteiger partial charge >= 0.3 is 6.18 Å². The second-order valence-corrected chi connectivity index (χ2v) is 4.88. The van der Waals surface area contributed by atoms with Gasteiger partial charge in [0.1, 0.15) is 5.82 Å². The fourth-order valence-corrected chi connectivity index (χ4v) is 2.17. The molecule has 0 spiro atoms. The predicted octanol–water partition coefficient (Wildman–Crippen LogP) is 4.68. The molecule has 0 saturated heterocycles. The van der Waals surface area contributed by atoms with Gasteiger partial charge in [-0.1, -0.05) is 43.3 Å². The van der Waals surface area contributed by atoms with Crippen molar-refractivity contribution in [1.29, 1.82) is 0 Å². The smallest absolute Gasteiger partial charge is 0.388 e. The number of rotatable bonds is 3. The molecule has 0 saturated carbocycles. The van der Waals surface area contributed by atoms with E-state index in [1.54, 1.807) is 31.2 Å². The molecule has 2 aromatic carbocycles. The molecule has 0 aromatic heterocycles. The minimum absolute atomic E-state index is 0.0417. The van der Waals surface area contributed by atoms with Gasteiger partial charge in [-0.05, 0) is 23.3 Å². The zero-order valence-electron chi connectivity index (χ0n) is 11.2. The summed E-state index contributed by atoms with van der Waals surface area (Å²) in [6, 6.07) is 11.5. The summed E-state index contributed by atoms with van der Waals surface area (Å²) in [4.78, 5) is 0. The first-order chi connectivity index (χ1) is 9.80. The van der Waals surface area contributed by atoms with Crippen LogP contribution in [0.5, 0.6) is 0 Å². The molecule has 0 aliphatic heterocycles. The van der Waals surface area contributed by atoms with Crippen molar-refractivity contribution in [3.05, 3.63) is 71.0 Å². The van der Waals surface area contributed by atoms with E-state index in [0.717, 1.165) is 11.6 Å². The molecule has 2 rings (SSSR count). The van der Waals surface area contributed by atoms with Gasteiger partial charge in [0.25, 0.3) is 0 Å². The lowest BCUT2D eigenvalue weighted by Crippen LogP contribution is -2.12. The largest absolute Gasteiger partial charge is 0.419 e. The maximum atomic E-state index is 13.3. The molecule has 0 amide bonds. The quantitative estimate of drug-likeness (QED) is 0.816. The van der Waals surface area contributed by atoms with E-state index in [0.29, 0.717) is 6.07 Å². The average molecular weight is 298 g/mol. The van der Waals surface area contributed by atoms with E-state index < -0.39 is 29.6 Å². The van der Waals surface area contributed by atoms with Crippen molar-refractivity contribution in [3.8, 4) is 0 Å². The Morgan fingerprint density at radius 3 is 2.14 bits per heavy atom. The van der Waals surface area contributed by atoms with E-state index in [-0.39, 0.29) is 5.56 Å². The van der Waals surface area contributed by atoms with Crippen LogP contribution in [0.4, 0.5) is 17.6 Å². The summed E-state index contributed by atoms with van der Waals surface area (Å²) in [5, 5.41) is 10.2. The average Bonchev–Trinajstić information content (AvgIpc) is 2.46. The van der Waals surface area contributed by atoms with E-state index in [1.807, 2.05) is 6.07 Å². The summed E-state index contributed by atoms with van der Waals surface area (Å²) in [5.41, 5.74) is -0.526. The van der Waals surface area contributed by atoms with Crippen molar-refractivity contribution in [2.75, 3.05) is 0 Å². The van der Waals surface area contributed by atoms with Crippen LogP contribution in [0.3, 0.4) is 0 Å². The Hall–Kier alpha value is -1.88. The Bertz CT molecular complexity index is 607. The maximum Gasteiger partial charge on any atom is 0.419 e. The Morgan fingerprint density at radius 2 is 1.57 bits per heavy atom. The zero-order chi connectivity index (χ0) is 15.6. The van der Waals surface area contributed by atoms with Gasteiger partial charge in [-0.2, -0.15) is 13.2 Å². The molecule has 1 N–H and O–H groups in total. The van der Waals surface area contributed by atoms with E-state index in [1.165, 1.54) is 6.07 Å². The molecular weight excluding hydrogens is 284 g/mol. The molecule has 0 bridgehead atoms. The minimum Gasteiger partial charge on any atom is -0.388 e. The number of halogens is 4. The lowest BCUT2D eigenvalue weighted by atomic mass is 9.90. The van der Waals surface area contributed by atoms with Crippen molar-refractivity contribution >= 4 is 0 Å². The first kappa shape index (κ1) is 15.5. The molecule has 2 unspecified atom stereocenters. The topological polar surface area (TPSA) is 20.2 Å². The van der Waals surface area contributed by atoms with Gasteiger partial charge in [-0.15, -0.1) is 0 Å². The fraction of sp³-hybridized carbons (Fsp3) is 0.250. The molecule has 21 heavy (non-hydrogen) atoms. The summed E-state index contributed by atoms with van der Waals surface area (Å²) >= 11 is 0. The van der Waals surface area contributed by atoms with Crippen LogP contribution in [0.1, 0.15) is 35.6 Å². The molecule has 2 aromatic rings. The van der Waals surface area contributed by atoms with Crippen LogP contribution in [0, 0.1) is 5.82 Å². The monoisotopic (exact) mass is 298 g/mol. The van der Waals surface area contributed by atoms with E-state index in [9.17, 15) is 22.7 Å². The normalized spacial score (nSPS) is 14.8. The Labute approximate surface area is 119 Å². The van der Waals surface area contributed by atoms with Gasteiger partial charge in [-0.3, -0.25) is 0 Å². The minimum atomic E-state index is -4.78. The Morgan fingerprint density at radius 1 is 0.952 bits per heavy atom. The van der Waals surface area contributed by atoms with Gasteiger partial charge in [0.2, 0.25) is 0 Å². The highest BCUT2D eigenvalue weighted by molar-refractivity contribution is 5.31. The van der Waals surface area contributed by atoms with Crippen molar-refractivity contribution in [2.24, 2.45) is 0 Å². The van der Waals surface area contributed by atoms with Crippen LogP contribution in [0.2, 0.25) is 0 Å². The van der Waals surface area contributed by atoms with Crippen molar-refractivity contribution in [3.63, 3.8) is 0 Å². The summed E-state index contributed by atoms with van der Waals surface area (Å²) in [7, 11) is 0. The molecule has 0 radical (unpaired) electrons. The summed E-state index contributed by atoms with van der Waals surface area (Å²) in [5.74, 6) is -1.75. The summed E-state index contributed by atoms with van der Waals surface area (Å²) < 4.78 is 51.3. The van der Waals surface area contributed by atoms with E-state index in [2.05, 4.69) is 0 Å². The lowest BCUT2D eigenvalue weighted by molar-refractivity contribution is -0.140. The number of aliphatic hydroxyl groups is 1. The molecular formula is C16H14F4O. The number of aliphatic hydroxyl groups excluding tert-OH is 1. The van der Waals surface area contributed by atoms with Crippen LogP contribution in [-0.4, -0.2) is 5.11 Å². The standard InChI is InChI=1S/C16H14F4O/c1-10(11-5-3-2-4-6-11)15(21)12-7-8-14(17)13(9-12)16(18,19)20/h2-10,15,21H,1H3. The predicted molar refractivity (Wildman–Crippen MR) is 71.2 cm³/mol. The lowest BCUT2D eigenvalue weighted by Gasteiger charge is -2.21. The van der Waals surface area contributed by atoms with Crippen LogP contribution < -0.4 is 0 Å². The van der Waals surface area contributed by atoms with Crippen molar-refractivity contribution in [1.82, 2.24) is 0 Å². The van der Waals surface area contributed by atoms with E-state index in [4.69, 9.17) is 0 Å². The Kier molecular flexibility index (Phi) is 4.32. The Balaban J connectivity index is 2.34. The molecule has 0 heterocycles. The third kappa shape index (κ3) is 3.42. The third-order valence-corrected chi connectivity index (χ3v) is 3.44. The maximum absolute atomic E-state index is 13.3. The number of hydrogen-bond acceptors (Lipinski definition) is 1. The molecule has 5 heteroatoms. The van der Waals surface area contributed by atoms with Gasteiger partial charge in [-0.25, -0.2) is 4.39 Å². The van der Waals surface area contributed by atoms with E-state index >= 15 is 0 Å². The SMILES string of the molecule is CC(c1ccccc1)C(O)c1ccc(F)c(C(F)(F)F)c1. The molecule has 0 fully saturated rings. The zero-order valence-corrected chi connectivity index (χ0v) is 11.2. The van der Waals surface area contributed by atoms with Gasteiger partial charge in [0.05, 0.1) is 11.7 Å². The molecule has 0 aliphatic carbocycles. The number of hydrogen-bond donors (Lipinski definition) is 1. The second kappa shape index (κ2) is 5.85. The van der Waals surface area contributed by atoms with Gasteiger partial charge < -0.3 is 5.11 Å². The van der Waals surface area contributed by atoms with Crippen molar-refractivity contribution in [2.45, 2.75) is 25.1 Å². The van der Waals surface area contributed by atoms with Crippen LogP contribution >= 0.6 is 0 Å². The highest BCUT2D eigenvalue weighted by Crippen LogP contribution is 2.36. The summed E-state index contributed by atoms with van der Waals surface area (Å²) in [6.07, 6.45) is -5.93. The van der Waals surface area contributed by atoms with Crippen LogP contribution in [0.25, 0.3) is 0 Å². The van der Waals surface area contributed by atoms with Crippen LogP contribution in [0.15, 0.2) is 48.5 Å². The number of benzene rings is 2. The molecule has 1 nitrogen and oxygen atoms in total. The van der Waals surface area contributed by atoms with Crippen LogP contribution in [-0.2, 0) is 6.18 Å². The first-order valence-electron chi connectivity index (χ1n) is 6.40. The van der Waals surface area contributed by atoms with Crippen molar-refractivity contribution < 1.29 is 22.7 Å². The summed E-state index contributed by atoms with van der Waals surface area (Å²) in [6.45, 7) is 1.70. The molecule has 112 valence electrons. The third-order valence-electron chi connectivity index (χ3n) is 3.44. The van der Waals surface area contributed by atoms with Gasteiger partial charge in [0.15, 0.2) is 0 Å².